The predicted molar refractivity (Wildman–Crippen MR) is 110 cm³/mol. The van der Waals surface area contributed by atoms with Gasteiger partial charge in [0.15, 0.2) is 0 Å². The Kier molecular flexibility index (Phi) is 3.82. The van der Waals surface area contributed by atoms with E-state index in [4.69, 9.17) is 4.74 Å². The molecule has 0 amide bonds. The average Bonchev–Trinajstić information content (AvgIpc) is 3.18. The molecule has 0 saturated carbocycles. The van der Waals surface area contributed by atoms with Gasteiger partial charge in [-0.1, -0.05) is 54.6 Å². The molecule has 0 fully saturated rings. The number of hydrogen-bond donors (Lipinski definition) is 2. The Labute approximate surface area is 159 Å². The van der Waals surface area contributed by atoms with Crippen molar-refractivity contribution in [1.82, 2.24) is 0 Å². The SMILES string of the molecule is CCOc1cccc2c1NC(c1c(O)ccc3ccccc13)C1CC=CC21. The Balaban J connectivity index is 1.70. The molecule has 3 aromatic carbocycles. The van der Waals surface area contributed by atoms with Crippen molar-refractivity contribution in [2.45, 2.75) is 25.3 Å². The first kappa shape index (κ1) is 16.2. The maximum atomic E-state index is 10.8. The van der Waals surface area contributed by atoms with Crippen LogP contribution < -0.4 is 10.1 Å². The second-order valence-corrected chi connectivity index (χ2v) is 7.35. The molecule has 0 saturated heterocycles. The molecule has 2 N–H and O–H groups in total. The van der Waals surface area contributed by atoms with Crippen molar-refractivity contribution in [3.05, 3.63) is 77.9 Å². The van der Waals surface area contributed by atoms with Gasteiger partial charge >= 0.3 is 0 Å². The number of anilines is 1. The summed E-state index contributed by atoms with van der Waals surface area (Å²) < 4.78 is 5.91. The Morgan fingerprint density at radius 2 is 1.96 bits per heavy atom. The van der Waals surface area contributed by atoms with Crippen molar-refractivity contribution >= 4 is 16.5 Å². The van der Waals surface area contributed by atoms with E-state index < -0.39 is 0 Å². The molecule has 3 heteroatoms. The quantitative estimate of drug-likeness (QED) is 0.585. The lowest BCUT2D eigenvalue weighted by molar-refractivity contribution is 0.336. The highest BCUT2D eigenvalue weighted by molar-refractivity contribution is 5.89. The summed E-state index contributed by atoms with van der Waals surface area (Å²) in [4.78, 5) is 0. The number of aromatic hydroxyl groups is 1. The van der Waals surface area contributed by atoms with E-state index in [1.54, 1.807) is 0 Å². The Morgan fingerprint density at radius 1 is 1.07 bits per heavy atom. The average molecular weight is 357 g/mol. The second kappa shape index (κ2) is 6.34. The number of hydrogen-bond acceptors (Lipinski definition) is 3. The van der Waals surface area contributed by atoms with E-state index in [0.717, 1.165) is 34.2 Å². The highest BCUT2D eigenvalue weighted by atomic mass is 16.5. The molecule has 3 unspecified atom stereocenters. The van der Waals surface area contributed by atoms with Crippen LogP contribution in [0.3, 0.4) is 0 Å². The number of phenolic OH excluding ortho intramolecular Hbond substituents is 1. The van der Waals surface area contributed by atoms with Gasteiger partial charge in [-0.25, -0.2) is 0 Å². The summed E-state index contributed by atoms with van der Waals surface area (Å²) in [5.74, 6) is 1.96. The van der Waals surface area contributed by atoms with Crippen LogP contribution in [-0.4, -0.2) is 11.7 Å². The van der Waals surface area contributed by atoms with E-state index in [1.807, 2.05) is 37.3 Å². The monoisotopic (exact) mass is 357 g/mol. The Morgan fingerprint density at radius 3 is 2.85 bits per heavy atom. The number of nitrogens with one attached hydrogen (secondary N) is 1. The lowest BCUT2D eigenvalue weighted by Crippen LogP contribution is -2.29. The number of para-hydroxylation sites is 1. The minimum Gasteiger partial charge on any atom is -0.508 e. The zero-order valence-electron chi connectivity index (χ0n) is 15.4. The predicted octanol–water partition coefficient (Wildman–Crippen LogP) is 5.77. The molecular formula is C24H23NO2. The van der Waals surface area contributed by atoms with Crippen molar-refractivity contribution in [2.24, 2.45) is 5.92 Å². The normalized spacial score (nSPS) is 22.9. The molecule has 0 bridgehead atoms. The van der Waals surface area contributed by atoms with Crippen molar-refractivity contribution in [3.63, 3.8) is 0 Å². The first-order valence-corrected chi connectivity index (χ1v) is 9.67. The van der Waals surface area contributed by atoms with Crippen LogP contribution in [0.5, 0.6) is 11.5 Å². The number of fused-ring (bicyclic) bond motifs is 4. The van der Waals surface area contributed by atoms with Gasteiger partial charge in [0.1, 0.15) is 11.5 Å². The third-order valence-electron chi connectivity index (χ3n) is 5.92. The number of rotatable bonds is 3. The molecule has 0 aromatic heterocycles. The smallest absolute Gasteiger partial charge is 0.142 e. The van der Waals surface area contributed by atoms with E-state index in [9.17, 15) is 5.11 Å². The Hall–Kier alpha value is -2.94. The van der Waals surface area contributed by atoms with Crippen LogP contribution in [0.1, 0.15) is 36.4 Å². The van der Waals surface area contributed by atoms with Crippen LogP contribution >= 0.6 is 0 Å². The van der Waals surface area contributed by atoms with Gasteiger partial charge in [0, 0.05) is 11.5 Å². The second-order valence-electron chi connectivity index (χ2n) is 7.35. The molecule has 3 aromatic rings. The first-order valence-electron chi connectivity index (χ1n) is 9.67. The molecule has 3 nitrogen and oxygen atoms in total. The lowest BCUT2D eigenvalue weighted by atomic mass is 9.76. The van der Waals surface area contributed by atoms with E-state index in [2.05, 4.69) is 41.7 Å². The Bertz CT molecular complexity index is 1040. The number of phenols is 1. The van der Waals surface area contributed by atoms with E-state index >= 15 is 0 Å². The van der Waals surface area contributed by atoms with Crippen LogP contribution in [-0.2, 0) is 0 Å². The van der Waals surface area contributed by atoms with E-state index in [0.29, 0.717) is 24.2 Å². The summed E-state index contributed by atoms with van der Waals surface area (Å²) in [6.45, 7) is 2.64. The van der Waals surface area contributed by atoms with Crippen LogP contribution in [0.2, 0.25) is 0 Å². The molecule has 2 aliphatic rings. The van der Waals surface area contributed by atoms with Crippen molar-refractivity contribution in [1.29, 1.82) is 0 Å². The van der Waals surface area contributed by atoms with Crippen molar-refractivity contribution in [3.8, 4) is 11.5 Å². The van der Waals surface area contributed by atoms with E-state index in [-0.39, 0.29) is 6.04 Å². The van der Waals surface area contributed by atoms with Gasteiger partial charge in [0.25, 0.3) is 0 Å². The molecule has 0 spiro atoms. The maximum Gasteiger partial charge on any atom is 0.142 e. The molecule has 5 rings (SSSR count). The highest BCUT2D eigenvalue weighted by Crippen LogP contribution is 2.54. The lowest BCUT2D eigenvalue weighted by Gasteiger charge is -2.38. The zero-order valence-corrected chi connectivity index (χ0v) is 15.4. The third kappa shape index (κ3) is 2.49. The molecule has 1 aliphatic carbocycles. The fourth-order valence-corrected chi connectivity index (χ4v) is 4.77. The van der Waals surface area contributed by atoms with Crippen molar-refractivity contribution < 1.29 is 9.84 Å². The van der Waals surface area contributed by atoms with Crippen LogP contribution in [0, 0.1) is 5.92 Å². The molecule has 27 heavy (non-hydrogen) atoms. The van der Waals surface area contributed by atoms with E-state index in [1.165, 1.54) is 5.56 Å². The first-order chi connectivity index (χ1) is 13.3. The summed E-state index contributed by atoms with van der Waals surface area (Å²) in [5, 5.41) is 16.8. The molecule has 1 aliphatic heterocycles. The fourth-order valence-electron chi connectivity index (χ4n) is 4.77. The van der Waals surface area contributed by atoms with Gasteiger partial charge in [-0.15, -0.1) is 0 Å². The highest BCUT2D eigenvalue weighted by Gasteiger charge is 2.40. The molecule has 1 heterocycles. The van der Waals surface area contributed by atoms with Gasteiger partial charge in [-0.05, 0) is 47.7 Å². The fraction of sp³-hybridized carbons (Fsp3) is 0.250. The minimum atomic E-state index is 0.0326. The van der Waals surface area contributed by atoms with Gasteiger partial charge in [0.2, 0.25) is 0 Å². The molecule has 0 radical (unpaired) electrons. The van der Waals surface area contributed by atoms with Crippen LogP contribution in [0.4, 0.5) is 5.69 Å². The standard InChI is InChI=1S/C24H23NO2/c1-2-27-21-12-6-11-18-17-9-5-10-19(17)24(25-23(18)21)22-16-8-4-3-7-15(16)13-14-20(22)26/h3-9,11-14,17,19,24-26H,2,10H2,1H3. The number of benzene rings is 3. The van der Waals surface area contributed by atoms with Crippen molar-refractivity contribution in [2.75, 3.05) is 11.9 Å². The van der Waals surface area contributed by atoms with Gasteiger partial charge < -0.3 is 15.2 Å². The van der Waals surface area contributed by atoms with Crippen LogP contribution in [0.15, 0.2) is 66.7 Å². The number of ether oxygens (including phenoxy) is 1. The number of allylic oxidation sites excluding steroid dienone is 2. The van der Waals surface area contributed by atoms with Gasteiger partial charge in [0.05, 0.1) is 18.3 Å². The molecule has 136 valence electrons. The summed E-state index contributed by atoms with van der Waals surface area (Å²) in [5.41, 5.74) is 3.34. The largest absolute Gasteiger partial charge is 0.508 e. The third-order valence-corrected chi connectivity index (χ3v) is 5.92. The van der Waals surface area contributed by atoms with Crippen LogP contribution in [0.25, 0.3) is 10.8 Å². The summed E-state index contributed by atoms with van der Waals surface area (Å²) in [7, 11) is 0. The topological polar surface area (TPSA) is 41.5 Å². The van der Waals surface area contributed by atoms with Gasteiger partial charge in [-0.3, -0.25) is 0 Å². The molecule has 3 atom stereocenters. The summed E-state index contributed by atoms with van der Waals surface area (Å²) >= 11 is 0. The minimum absolute atomic E-state index is 0.0326. The summed E-state index contributed by atoms with van der Waals surface area (Å²) in [6.07, 6.45) is 5.59. The summed E-state index contributed by atoms with van der Waals surface area (Å²) in [6, 6.07) is 18.4. The maximum absolute atomic E-state index is 10.8. The zero-order chi connectivity index (χ0) is 18.4. The molecular weight excluding hydrogens is 334 g/mol. The van der Waals surface area contributed by atoms with Gasteiger partial charge in [-0.2, -0.15) is 0 Å².